The Balaban J connectivity index is 1.23. The molecule has 0 saturated carbocycles. The number of imide groups is 2. The van der Waals surface area contributed by atoms with E-state index in [1.807, 2.05) is 11.5 Å². The van der Waals surface area contributed by atoms with E-state index in [1.54, 1.807) is 24.4 Å². The molecular formula is C31H34N8O6. The van der Waals surface area contributed by atoms with Crippen molar-refractivity contribution in [1.82, 2.24) is 40.0 Å². The van der Waals surface area contributed by atoms with Crippen molar-refractivity contribution in [2.24, 2.45) is 0 Å². The Labute approximate surface area is 258 Å². The fourth-order valence-corrected chi connectivity index (χ4v) is 6.35. The molecule has 14 nitrogen and oxygen atoms in total. The Hall–Kier alpha value is -5.14. The molecular weight excluding hydrogens is 580 g/mol. The summed E-state index contributed by atoms with van der Waals surface area (Å²) >= 11 is 0. The number of hydrogen-bond donors (Lipinski definition) is 3. The first kappa shape index (κ1) is 29.9. The number of fused-ring (bicyclic) bond motifs is 2. The van der Waals surface area contributed by atoms with E-state index in [-0.39, 0.29) is 42.3 Å². The standard InChI is InChI=1S/C31H34N8O6/c1-2-33-28(42)26(21-15-32-17-35-21)38(31(45)23-16-34-24-7-3-4-12-37(23)24)13-5-6-18-8-9-19-20(14-18)30(44)39(29(19)43)22-10-11-25(40)36-27(22)41/h8-9,14-17,22,26H,2-7,10-13H2,1H3,(H,32,35)(H,33,42)(H,36,40,41). The topological polar surface area (TPSA) is 179 Å². The largest absolute Gasteiger partial charge is 0.354 e. The maximum Gasteiger partial charge on any atom is 0.273 e. The minimum Gasteiger partial charge on any atom is -0.354 e. The molecule has 1 fully saturated rings. The van der Waals surface area contributed by atoms with Crippen LogP contribution < -0.4 is 10.6 Å². The highest BCUT2D eigenvalue weighted by Crippen LogP contribution is 2.29. The first-order chi connectivity index (χ1) is 21.8. The third kappa shape index (κ3) is 5.63. The average molecular weight is 615 g/mol. The first-order valence-corrected chi connectivity index (χ1v) is 15.2. The molecule has 2 atom stereocenters. The van der Waals surface area contributed by atoms with Crippen LogP contribution in [0.2, 0.25) is 0 Å². The van der Waals surface area contributed by atoms with Gasteiger partial charge in [-0.3, -0.25) is 39.0 Å². The van der Waals surface area contributed by atoms with Crippen molar-refractivity contribution in [2.45, 2.75) is 70.5 Å². The summed E-state index contributed by atoms with van der Waals surface area (Å²) in [7, 11) is 0. The van der Waals surface area contributed by atoms with Gasteiger partial charge in [0.05, 0.1) is 35.5 Å². The Morgan fingerprint density at radius 2 is 1.91 bits per heavy atom. The van der Waals surface area contributed by atoms with E-state index in [0.717, 1.165) is 35.6 Å². The predicted octanol–water partition coefficient (Wildman–Crippen LogP) is 1.30. The lowest BCUT2D eigenvalue weighted by Crippen LogP contribution is -2.54. The lowest BCUT2D eigenvalue weighted by molar-refractivity contribution is -0.136. The average Bonchev–Trinajstić information content (AvgIpc) is 3.76. The Bertz CT molecular complexity index is 1680. The minimum absolute atomic E-state index is 0.0439. The number of nitrogens with one attached hydrogen (secondary N) is 3. The zero-order chi connectivity index (χ0) is 31.7. The zero-order valence-corrected chi connectivity index (χ0v) is 24.9. The van der Waals surface area contributed by atoms with Gasteiger partial charge in [-0.05, 0) is 56.7 Å². The SMILES string of the molecule is CCNC(=O)C(c1cnc[nH]1)N(CCCc1ccc2c(c1)C(=O)N(C1CCC(=O)NC1=O)C2=O)C(=O)c1cnc2n1CCCC2. The number of H-pyrrole nitrogens is 1. The molecule has 0 bridgehead atoms. The fraction of sp³-hybridized carbons (Fsp3) is 0.419. The molecule has 2 aromatic heterocycles. The van der Waals surface area contributed by atoms with Gasteiger partial charge in [0.2, 0.25) is 17.7 Å². The highest BCUT2D eigenvalue weighted by molar-refractivity contribution is 6.23. The second kappa shape index (κ2) is 12.5. The lowest BCUT2D eigenvalue weighted by Gasteiger charge is -2.31. The van der Waals surface area contributed by atoms with Gasteiger partial charge < -0.3 is 19.8 Å². The van der Waals surface area contributed by atoms with Crippen LogP contribution in [0.4, 0.5) is 0 Å². The highest BCUT2D eigenvalue weighted by Gasteiger charge is 2.44. The van der Waals surface area contributed by atoms with E-state index in [2.05, 4.69) is 25.6 Å². The van der Waals surface area contributed by atoms with Crippen molar-refractivity contribution in [1.29, 1.82) is 0 Å². The van der Waals surface area contributed by atoms with Crippen molar-refractivity contribution in [3.8, 4) is 0 Å². The number of imidazole rings is 2. The summed E-state index contributed by atoms with van der Waals surface area (Å²) in [6.07, 6.45) is 8.30. The molecule has 6 amide bonds. The number of aryl methyl sites for hydroxylation is 2. The monoisotopic (exact) mass is 614 g/mol. The molecule has 1 aromatic carbocycles. The van der Waals surface area contributed by atoms with E-state index in [1.165, 1.54) is 17.4 Å². The summed E-state index contributed by atoms with van der Waals surface area (Å²) in [6, 6.07) is 2.95. The second-order valence-electron chi connectivity index (χ2n) is 11.4. The van der Waals surface area contributed by atoms with Gasteiger partial charge in [0.15, 0.2) is 6.04 Å². The number of hydrogen-bond acceptors (Lipinski definition) is 8. The van der Waals surface area contributed by atoms with Crippen LogP contribution in [0, 0.1) is 0 Å². The number of piperidine rings is 1. The number of nitrogens with zero attached hydrogens (tertiary/aromatic N) is 5. The predicted molar refractivity (Wildman–Crippen MR) is 158 cm³/mol. The molecule has 5 heterocycles. The smallest absolute Gasteiger partial charge is 0.273 e. The summed E-state index contributed by atoms with van der Waals surface area (Å²) in [6.45, 7) is 3.07. The van der Waals surface area contributed by atoms with Crippen LogP contribution in [-0.2, 0) is 33.8 Å². The molecule has 3 aromatic rings. The summed E-state index contributed by atoms with van der Waals surface area (Å²) in [4.78, 5) is 91.9. The fourth-order valence-electron chi connectivity index (χ4n) is 6.35. The molecule has 234 valence electrons. The lowest BCUT2D eigenvalue weighted by atomic mass is 10.0. The van der Waals surface area contributed by atoms with Crippen molar-refractivity contribution in [3.05, 3.63) is 70.8 Å². The van der Waals surface area contributed by atoms with Crippen LogP contribution in [0.1, 0.15) is 93.4 Å². The number of amides is 6. The van der Waals surface area contributed by atoms with E-state index >= 15 is 0 Å². The van der Waals surface area contributed by atoms with Gasteiger partial charge in [-0.2, -0.15) is 0 Å². The van der Waals surface area contributed by atoms with Gasteiger partial charge in [0.25, 0.3) is 17.7 Å². The molecule has 45 heavy (non-hydrogen) atoms. The maximum atomic E-state index is 14.1. The Kier molecular flexibility index (Phi) is 8.28. The van der Waals surface area contributed by atoms with Crippen LogP contribution in [-0.4, -0.2) is 83.9 Å². The first-order valence-electron chi connectivity index (χ1n) is 15.2. The summed E-state index contributed by atoms with van der Waals surface area (Å²) in [5.74, 6) is -2.06. The van der Waals surface area contributed by atoms with Gasteiger partial charge in [-0.1, -0.05) is 6.07 Å². The normalized spacial score (nSPS) is 18.3. The number of rotatable bonds is 10. The third-order valence-corrected chi connectivity index (χ3v) is 8.54. The van der Waals surface area contributed by atoms with Crippen molar-refractivity contribution >= 4 is 35.4 Å². The van der Waals surface area contributed by atoms with Crippen molar-refractivity contribution < 1.29 is 28.8 Å². The van der Waals surface area contributed by atoms with Crippen LogP contribution >= 0.6 is 0 Å². The van der Waals surface area contributed by atoms with Gasteiger partial charge in [-0.15, -0.1) is 0 Å². The molecule has 0 radical (unpaired) electrons. The summed E-state index contributed by atoms with van der Waals surface area (Å²) in [5, 5.41) is 5.03. The van der Waals surface area contributed by atoms with Gasteiger partial charge in [0, 0.05) is 32.5 Å². The second-order valence-corrected chi connectivity index (χ2v) is 11.4. The quantitative estimate of drug-likeness (QED) is 0.286. The molecule has 0 spiro atoms. The minimum atomic E-state index is -1.04. The van der Waals surface area contributed by atoms with Crippen molar-refractivity contribution in [3.63, 3.8) is 0 Å². The van der Waals surface area contributed by atoms with Crippen LogP contribution in [0.3, 0.4) is 0 Å². The van der Waals surface area contributed by atoms with Crippen LogP contribution in [0.15, 0.2) is 36.9 Å². The Morgan fingerprint density at radius 1 is 1.09 bits per heavy atom. The molecule has 1 saturated heterocycles. The molecule has 14 heteroatoms. The maximum absolute atomic E-state index is 14.1. The summed E-state index contributed by atoms with van der Waals surface area (Å²) < 4.78 is 1.93. The summed E-state index contributed by atoms with van der Waals surface area (Å²) in [5.41, 5.74) is 2.05. The van der Waals surface area contributed by atoms with Gasteiger partial charge in [-0.25, -0.2) is 9.97 Å². The number of carbonyl (C=O) groups excluding carboxylic acids is 6. The Morgan fingerprint density at radius 3 is 2.67 bits per heavy atom. The van der Waals surface area contributed by atoms with E-state index < -0.39 is 35.7 Å². The number of carbonyl (C=O) groups is 6. The number of aromatic nitrogens is 4. The number of likely N-dealkylation sites (N-methyl/N-ethyl adjacent to an activating group) is 1. The molecule has 6 rings (SSSR count). The molecule has 3 aliphatic heterocycles. The van der Waals surface area contributed by atoms with Crippen LogP contribution in [0.25, 0.3) is 0 Å². The van der Waals surface area contributed by atoms with E-state index in [4.69, 9.17) is 0 Å². The van der Waals surface area contributed by atoms with Gasteiger partial charge >= 0.3 is 0 Å². The van der Waals surface area contributed by atoms with E-state index in [0.29, 0.717) is 37.3 Å². The molecule has 0 aliphatic carbocycles. The molecule has 3 aliphatic rings. The van der Waals surface area contributed by atoms with Gasteiger partial charge in [0.1, 0.15) is 17.6 Å². The number of benzene rings is 1. The van der Waals surface area contributed by atoms with Crippen LogP contribution in [0.5, 0.6) is 0 Å². The third-order valence-electron chi connectivity index (χ3n) is 8.54. The molecule has 2 unspecified atom stereocenters. The molecule has 3 N–H and O–H groups in total. The highest BCUT2D eigenvalue weighted by atomic mass is 16.2. The number of aromatic amines is 1. The van der Waals surface area contributed by atoms with E-state index in [9.17, 15) is 28.8 Å². The van der Waals surface area contributed by atoms with Crippen molar-refractivity contribution in [2.75, 3.05) is 13.1 Å². The zero-order valence-electron chi connectivity index (χ0n) is 24.9.